The first-order valence-electron chi connectivity index (χ1n) is 14.4. The molecule has 2 atom stereocenters. The third-order valence-electron chi connectivity index (χ3n) is 8.90. The Morgan fingerprint density at radius 1 is 0.951 bits per heavy atom. The number of hydrogen-bond donors (Lipinski definition) is 1. The molecule has 41 heavy (non-hydrogen) atoms. The molecule has 0 saturated carbocycles. The number of fused-ring (bicyclic) bond motifs is 2. The van der Waals surface area contributed by atoms with Crippen LogP contribution >= 0.6 is 0 Å². The van der Waals surface area contributed by atoms with E-state index in [2.05, 4.69) is 29.6 Å². The van der Waals surface area contributed by atoms with E-state index in [4.69, 9.17) is 9.47 Å². The highest BCUT2D eigenvalue weighted by molar-refractivity contribution is 5.80. The molecular weight excluding hydrogens is 515 g/mol. The van der Waals surface area contributed by atoms with Gasteiger partial charge in [0.15, 0.2) is 11.5 Å². The summed E-state index contributed by atoms with van der Waals surface area (Å²) in [4.78, 5) is 16.5. The number of rotatable bonds is 8. The molecule has 3 aliphatic rings. The largest absolute Gasteiger partial charge is 0.493 e. The average Bonchev–Trinajstić information content (AvgIpc) is 3.44. The SMILES string of the molecule is COc1cc2c(cc1OC)C(CC(=O)N(CC1(F)C=CC=CC1)C1Cc3ccccc3C1)(c1ccccc1)NCC2. The second-order valence-corrected chi connectivity index (χ2v) is 11.4. The van der Waals surface area contributed by atoms with Crippen LogP contribution in [-0.4, -0.2) is 49.8 Å². The van der Waals surface area contributed by atoms with Crippen molar-refractivity contribution < 1.29 is 18.7 Å². The Labute approximate surface area is 241 Å². The van der Waals surface area contributed by atoms with Crippen LogP contribution in [-0.2, 0) is 29.6 Å². The number of amides is 1. The highest BCUT2D eigenvalue weighted by Gasteiger charge is 2.44. The van der Waals surface area contributed by atoms with Gasteiger partial charge in [0, 0.05) is 19.0 Å². The molecule has 212 valence electrons. The van der Waals surface area contributed by atoms with Crippen molar-refractivity contribution in [2.75, 3.05) is 27.3 Å². The van der Waals surface area contributed by atoms with Gasteiger partial charge in [-0.1, -0.05) is 72.8 Å². The smallest absolute Gasteiger partial charge is 0.225 e. The molecule has 3 aromatic rings. The molecule has 1 amide bonds. The summed E-state index contributed by atoms with van der Waals surface area (Å²) in [5, 5.41) is 3.74. The molecule has 6 heteroatoms. The van der Waals surface area contributed by atoms with Crippen molar-refractivity contribution in [1.29, 1.82) is 0 Å². The van der Waals surface area contributed by atoms with Gasteiger partial charge in [0.1, 0.15) is 5.67 Å². The molecule has 0 aromatic heterocycles. The predicted molar refractivity (Wildman–Crippen MR) is 159 cm³/mol. The Kier molecular flexibility index (Phi) is 7.43. The summed E-state index contributed by atoms with van der Waals surface area (Å²) in [5.74, 6) is 1.22. The number of allylic oxidation sites excluding steroid dienone is 3. The number of nitrogens with one attached hydrogen (secondary N) is 1. The Morgan fingerprint density at radius 3 is 2.29 bits per heavy atom. The third kappa shape index (κ3) is 5.17. The lowest BCUT2D eigenvalue weighted by atomic mass is 9.74. The maximum absolute atomic E-state index is 16.2. The fourth-order valence-electron chi connectivity index (χ4n) is 6.82. The van der Waals surface area contributed by atoms with Crippen molar-refractivity contribution in [3.8, 4) is 11.5 Å². The van der Waals surface area contributed by atoms with E-state index in [-0.39, 0.29) is 31.3 Å². The van der Waals surface area contributed by atoms with Crippen LogP contribution in [0.5, 0.6) is 11.5 Å². The van der Waals surface area contributed by atoms with Gasteiger partial charge in [0.25, 0.3) is 0 Å². The molecule has 1 N–H and O–H groups in total. The summed E-state index contributed by atoms with van der Waals surface area (Å²) in [5.41, 5.74) is 3.16. The maximum Gasteiger partial charge on any atom is 0.225 e. The van der Waals surface area contributed by atoms with Gasteiger partial charge in [-0.25, -0.2) is 4.39 Å². The Morgan fingerprint density at radius 2 is 1.63 bits per heavy atom. The summed E-state index contributed by atoms with van der Waals surface area (Å²) >= 11 is 0. The molecule has 0 bridgehead atoms. The van der Waals surface area contributed by atoms with Crippen molar-refractivity contribution in [3.05, 3.63) is 119 Å². The zero-order valence-electron chi connectivity index (χ0n) is 23.7. The van der Waals surface area contributed by atoms with Crippen LogP contribution in [0.15, 0.2) is 91.0 Å². The number of alkyl halides is 1. The first-order chi connectivity index (χ1) is 19.9. The third-order valence-corrected chi connectivity index (χ3v) is 8.90. The second kappa shape index (κ2) is 11.2. The lowest BCUT2D eigenvalue weighted by Gasteiger charge is -2.43. The Bertz CT molecular complexity index is 1460. The molecule has 3 aromatic carbocycles. The molecule has 5 nitrogen and oxygen atoms in total. The Hall–Kier alpha value is -3.90. The van der Waals surface area contributed by atoms with Crippen LogP contribution in [0.3, 0.4) is 0 Å². The number of carbonyl (C=O) groups excluding carboxylic acids is 1. The van der Waals surface area contributed by atoms with Gasteiger partial charge >= 0.3 is 0 Å². The number of ether oxygens (including phenoxy) is 2. The van der Waals surface area contributed by atoms with Crippen LogP contribution in [0.25, 0.3) is 0 Å². The number of hydrogen-bond acceptors (Lipinski definition) is 4. The monoisotopic (exact) mass is 552 g/mol. The van der Waals surface area contributed by atoms with E-state index in [1.807, 2.05) is 59.5 Å². The van der Waals surface area contributed by atoms with E-state index >= 15 is 4.39 Å². The molecule has 0 radical (unpaired) electrons. The summed E-state index contributed by atoms with van der Waals surface area (Å²) in [7, 11) is 3.26. The molecule has 2 aliphatic carbocycles. The summed E-state index contributed by atoms with van der Waals surface area (Å²) in [6.45, 7) is 0.717. The average molecular weight is 553 g/mol. The van der Waals surface area contributed by atoms with Crippen molar-refractivity contribution in [2.24, 2.45) is 0 Å². The van der Waals surface area contributed by atoms with Crippen LogP contribution in [0.1, 0.15) is 40.7 Å². The van der Waals surface area contributed by atoms with E-state index < -0.39 is 11.2 Å². The molecule has 0 fully saturated rings. The minimum absolute atomic E-state index is 0.0228. The van der Waals surface area contributed by atoms with Gasteiger partial charge in [-0.2, -0.15) is 0 Å². The molecule has 1 heterocycles. The normalized spacial score (nSPS) is 23.1. The summed E-state index contributed by atoms with van der Waals surface area (Å²) < 4.78 is 27.5. The molecule has 0 saturated heterocycles. The minimum atomic E-state index is -1.60. The first kappa shape index (κ1) is 27.3. The molecule has 2 unspecified atom stereocenters. The minimum Gasteiger partial charge on any atom is -0.493 e. The molecule has 0 spiro atoms. The molecule has 6 rings (SSSR count). The summed E-state index contributed by atoms with van der Waals surface area (Å²) in [6.07, 6.45) is 9.73. The zero-order valence-corrected chi connectivity index (χ0v) is 23.7. The Balaban J connectivity index is 1.42. The van der Waals surface area contributed by atoms with E-state index in [1.165, 1.54) is 11.1 Å². The lowest BCUT2D eigenvalue weighted by molar-refractivity contribution is -0.136. The predicted octanol–water partition coefficient (Wildman–Crippen LogP) is 5.70. The van der Waals surface area contributed by atoms with Gasteiger partial charge in [0.05, 0.1) is 32.7 Å². The number of carbonyl (C=O) groups is 1. The van der Waals surface area contributed by atoms with E-state index in [9.17, 15) is 4.79 Å². The van der Waals surface area contributed by atoms with Crippen LogP contribution in [0.2, 0.25) is 0 Å². The van der Waals surface area contributed by atoms with E-state index in [0.717, 1.165) is 36.0 Å². The van der Waals surface area contributed by atoms with Crippen LogP contribution < -0.4 is 14.8 Å². The number of methoxy groups -OCH3 is 2. The fraction of sp³-hybridized carbons (Fsp3) is 0.343. The number of benzene rings is 3. The highest BCUT2D eigenvalue weighted by atomic mass is 19.1. The van der Waals surface area contributed by atoms with Crippen molar-refractivity contribution >= 4 is 5.91 Å². The zero-order chi connectivity index (χ0) is 28.5. The second-order valence-electron chi connectivity index (χ2n) is 11.4. The van der Waals surface area contributed by atoms with Gasteiger partial charge in [0.2, 0.25) is 5.91 Å². The van der Waals surface area contributed by atoms with Gasteiger partial charge in [-0.15, -0.1) is 0 Å². The van der Waals surface area contributed by atoms with Crippen LogP contribution in [0, 0.1) is 0 Å². The van der Waals surface area contributed by atoms with E-state index in [1.54, 1.807) is 26.4 Å². The quantitative estimate of drug-likeness (QED) is 0.389. The number of nitrogens with zero attached hydrogens (tertiary/aromatic N) is 1. The van der Waals surface area contributed by atoms with Gasteiger partial charge in [-0.3, -0.25) is 4.79 Å². The van der Waals surface area contributed by atoms with Crippen molar-refractivity contribution in [3.63, 3.8) is 0 Å². The van der Waals surface area contributed by atoms with Crippen molar-refractivity contribution in [1.82, 2.24) is 10.2 Å². The van der Waals surface area contributed by atoms with Crippen molar-refractivity contribution in [2.45, 2.75) is 49.4 Å². The molecular formula is C35H37FN2O3. The molecule has 1 aliphatic heterocycles. The van der Waals surface area contributed by atoms with Gasteiger partial charge in [-0.05, 0) is 65.3 Å². The van der Waals surface area contributed by atoms with Gasteiger partial charge < -0.3 is 19.7 Å². The number of halogens is 1. The first-order valence-corrected chi connectivity index (χ1v) is 14.4. The standard InChI is InChI=1S/C35H37FN2O3/c1-40-31-21-27-15-18-37-35(28-13-5-3-6-14-28,30(27)22-32(31)41-2)23-33(39)38(24-34(36)16-9-4-10-17-34)29-19-25-11-7-8-12-26(25)20-29/h3-14,16,21-22,29,37H,15,17-20,23-24H2,1-2H3. The lowest BCUT2D eigenvalue weighted by Crippen LogP contribution is -2.54. The van der Waals surface area contributed by atoms with E-state index in [0.29, 0.717) is 18.0 Å². The summed E-state index contributed by atoms with van der Waals surface area (Å²) in [6, 6.07) is 22.3. The maximum atomic E-state index is 16.2. The fourth-order valence-corrected chi connectivity index (χ4v) is 6.82. The highest BCUT2D eigenvalue weighted by Crippen LogP contribution is 2.43. The van der Waals surface area contributed by atoms with Crippen LogP contribution in [0.4, 0.5) is 4.39 Å². The topological polar surface area (TPSA) is 50.8 Å².